The van der Waals surface area contributed by atoms with Crippen LogP contribution in [0.25, 0.3) is 11.5 Å². The molecule has 1 aliphatic heterocycles. The van der Waals surface area contributed by atoms with Gasteiger partial charge in [-0.1, -0.05) is 48.5 Å². The lowest BCUT2D eigenvalue weighted by Gasteiger charge is -2.32. The number of rotatable bonds is 4. The van der Waals surface area contributed by atoms with Crippen LogP contribution in [0.3, 0.4) is 0 Å². The van der Waals surface area contributed by atoms with E-state index in [0.717, 1.165) is 42.9 Å². The van der Waals surface area contributed by atoms with Gasteiger partial charge < -0.3 is 9.32 Å². The summed E-state index contributed by atoms with van der Waals surface area (Å²) in [6, 6.07) is 20.4. The summed E-state index contributed by atoms with van der Waals surface area (Å²) in [7, 11) is 0. The van der Waals surface area contributed by atoms with Gasteiger partial charge in [0.25, 0.3) is 0 Å². The summed E-state index contributed by atoms with van der Waals surface area (Å²) >= 11 is 0. The molecule has 27 heavy (non-hydrogen) atoms. The van der Waals surface area contributed by atoms with Crippen molar-refractivity contribution in [2.45, 2.75) is 32.1 Å². The fourth-order valence-electron chi connectivity index (χ4n) is 3.74. The van der Waals surface area contributed by atoms with E-state index in [2.05, 4.69) is 29.2 Å². The number of benzene rings is 2. The molecule has 1 aliphatic rings. The fourth-order valence-corrected chi connectivity index (χ4v) is 3.74. The maximum atomic E-state index is 12.8. The molecule has 1 saturated heterocycles. The van der Waals surface area contributed by atoms with Gasteiger partial charge in [0.1, 0.15) is 5.76 Å². The number of amides is 1. The molecule has 3 aromatic rings. The standard InChI is InChI=1S/C23H24N2O2/c1-17-21(24-23(27-17)20-10-6-3-7-11-20)16-22(26)25-14-12-19(13-15-25)18-8-4-2-5-9-18/h2-11,19H,12-16H2,1H3. The van der Waals surface area contributed by atoms with E-state index in [0.29, 0.717) is 18.2 Å². The Labute approximate surface area is 159 Å². The second-order valence-corrected chi connectivity index (χ2v) is 7.13. The van der Waals surface area contributed by atoms with Crippen LogP contribution in [0.5, 0.6) is 0 Å². The van der Waals surface area contributed by atoms with Crippen molar-refractivity contribution < 1.29 is 9.21 Å². The van der Waals surface area contributed by atoms with Gasteiger partial charge in [-0.3, -0.25) is 4.79 Å². The minimum atomic E-state index is 0.137. The molecule has 138 valence electrons. The molecule has 0 saturated carbocycles. The van der Waals surface area contributed by atoms with Crippen molar-refractivity contribution in [1.29, 1.82) is 0 Å². The first kappa shape index (κ1) is 17.5. The average molecular weight is 360 g/mol. The molecule has 0 spiro atoms. The van der Waals surface area contributed by atoms with E-state index < -0.39 is 0 Å². The number of carbonyl (C=O) groups excluding carboxylic acids is 1. The van der Waals surface area contributed by atoms with E-state index in [1.54, 1.807) is 0 Å². The van der Waals surface area contributed by atoms with Crippen LogP contribution >= 0.6 is 0 Å². The molecule has 1 aromatic heterocycles. The van der Waals surface area contributed by atoms with Crippen LogP contribution in [0.2, 0.25) is 0 Å². The van der Waals surface area contributed by atoms with Crippen molar-refractivity contribution in [3.63, 3.8) is 0 Å². The van der Waals surface area contributed by atoms with Crippen LogP contribution in [0, 0.1) is 6.92 Å². The maximum absolute atomic E-state index is 12.8. The van der Waals surface area contributed by atoms with E-state index in [-0.39, 0.29) is 5.91 Å². The van der Waals surface area contributed by atoms with Gasteiger partial charge in [-0.05, 0) is 43.4 Å². The third-order valence-electron chi connectivity index (χ3n) is 5.35. The summed E-state index contributed by atoms with van der Waals surface area (Å²) in [6.07, 6.45) is 2.34. The number of nitrogens with zero attached hydrogens (tertiary/aromatic N) is 2. The largest absolute Gasteiger partial charge is 0.441 e. The van der Waals surface area contributed by atoms with Crippen molar-refractivity contribution in [1.82, 2.24) is 9.88 Å². The topological polar surface area (TPSA) is 46.3 Å². The van der Waals surface area contributed by atoms with E-state index in [9.17, 15) is 4.79 Å². The number of aromatic nitrogens is 1. The lowest BCUT2D eigenvalue weighted by atomic mass is 9.89. The number of carbonyl (C=O) groups is 1. The zero-order chi connectivity index (χ0) is 18.6. The van der Waals surface area contributed by atoms with Crippen LogP contribution < -0.4 is 0 Å². The van der Waals surface area contributed by atoms with Gasteiger partial charge in [-0.25, -0.2) is 4.98 Å². The normalized spacial score (nSPS) is 15.1. The summed E-state index contributed by atoms with van der Waals surface area (Å²) in [6.45, 7) is 3.49. The maximum Gasteiger partial charge on any atom is 0.228 e. The highest BCUT2D eigenvalue weighted by molar-refractivity contribution is 5.78. The number of aryl methyl sites for hydroxylation is 1. The third-order valence-corrected chi connectivity index (χ3v) is 5.35. The molecule has 0 bridgehead atoms. The lowest BCUT2D eigenvalue weighted by molar-refractivity contribution is -0.131. The Morgan fingerprint density at radius 3 is 2.33 bits per heavy atom. The molecule has 4 heteroatoms. The molecule has 2 heterocycles. The Kier molecular flexibility index (Phi) is 5.05. The minimum Gasteiger partial charge on any atom is -0.441 e. The molecular formula is C23H24N2O2. The van der Waals surface area contributed by atoms with E-state index in [1.807, 2.05) is 48.2 Å². The van der Waals surface area contributed by atoms with Crippen LogP contribution in [0.1, 0.15) is 35.8 Å². The molecule has 0 N–H and O–H groups in total. The van der Waals surface area contributed by atoms with Crippen LogP contribution in [-0.4, -0.2) is 28.9 Å². The van der Waals surface area contributed by atoms with Gasteiger partial charge in [0.2, 0.25) is 11.8 Å². The summed E-state index contributed by atoms with van der Waals surface area (Å²) in [5, 5.41) is 0. The predicted octanol–water partition coefficient (Wildman–Crippen LogP) is 4.60. The first-order valence-corrected chi connectivity index (χ1v) is 9.55. The highest BCUT2D eigenvalue weighted by Crippen LogP contribution is 2.28. The SMILES string of the molecule is Cc1oc(-c2ccccc2)nc1CC(=O)N1CCC(c2ccccc2)CC1. The van der Waals surface area contributed by atoms with Crippen LogP contribution in [0.4, 0.5) is 0 Å². The third kappa shape index (κ3) is 3.95. The first-order chi connectivity index (χ1) is 13.2. The highest BCUT2D eigenvalue weighted by atomic mass is 16.4. The highest BCUT2D eigenvalue weighted by Gasteiger charge is 2.25. The Morgan fingerprint density at radius 1 is 1.04 bits per heavy atom. The molecule has 2 aromatic carbocycles. The smallest absolute Gasteiger partial charge is 0.228 e. The molecule has 0 radical (unpaired) electrons. The number of hydrogen-bond donors (Lipinski definition) is 0. The molecule has 0 aliphatic carbocycles. The van der Waals surface area contributed by atoms with Gasteiger partial charge in [-0.2, -0.15) is 0 Å². The van der Waals surface area contributed by atoms with E-state index in [1.165, 1.54) is 5.56 Å². The van der Waals surface area contributed by atoms with Crippen molar-refractivity contribution in [3.05, 3.63) is 77.7 Å². The van der Waals surface area contributed by atoms with Gasteiger partial charge in [-0.15, -0.1) is 0 Å². The zero-order valence-corrected chi connectivity index (χ0v) is 15.6. The van der Waals surface area contributed by atoms with Crippen molar-refractivity contribution in [3.8, 4) is 11.5 Å². The van der Waals surface area contributed by atoms with Crippen LogP contribution in [-0.2, 0) is 11.2 Å². The molecule has 0 unspecified atom stereocenters. The molecular weight excluding hydrogens is 336 g/mol. The van der Waals surface area contributed by atoms with Crippen molar-refractivity contribution in [2.24, 2.45) is 0 Å². The summed E-state index contributed by atoms with van der Waals surface area (Å²) in [4.78, 5) is 19.3. The lowest BCUT2D eigenvalue weighted by Crippen LogP contribution is -2.38. The summed E-state index contributed by atoms with van der Waals surface area (Å²) < 4.78 is 5.78. The number of likely N-dealkylation sites (tertiary alicyclic amines) is 1. The zero-order valence-electron chi connectivity index (χ0n) is 15.6. The molecule has 4 rings (SSSR count). The van der Waals surface area contributed by atoms with Crippen molar-refractivity contribution in [2.75, 3.05) is 13.1 Å². The van der Waals surface area contributed by atoms with Gasteiger partial charge in [0.05, 0.1) is 12.1 Å². The molecule has 1 amide bonds. The monoisotopic (exact) mass is 360 g/mol. The van der Waals surface area contributed by atoms with Gasteiger partial charge >= 0.3 is 0 Å². The fraction of sp³-hybridized carbons (Fsp3) is 0.304. The molecule has 1 fully saturated rings. The summed E-state index contributed by atoms with van der Waals surface area (Å²) in [5.74, 6) is 1.99. The van der Waals surface area contributed by atoms with Crippen LogP contribution in [0.15, 0.2) is 65.1 Å². The van der Waals surface area contributed by atoms with E-state index >= 15 is 0 Å². The Morgan fingerprint density at radius 2 is 1.67 bits per heavy atom. The number of oxazole rings is 1. The Hall–Kier alpha value is -2.88. The average Bonchev–Trinajstić information content (AvgIpc) is 3.10. The van der Waals surface area contributed by atoms with E-state index in [4.69, 9.17) is 4.42 Å². The Balaban J connectivity index is 1.38. The molecule has 0 atom stereocenters. The number of piperidine rings is 1. The minimum absolute atomic E-state index is 0.137. The summed E-state index contributed by atoms with van der Waals surface area (Å²) in [5.41, 5.74) is 3.05. The van der Waals surface area contributed by atoms with Crippen molar-refractivity contribution >= 4 is 5.91 Å². The first-order valence-electron chi connectivity index (χ1n) is 9.55. The number of hydrogen-bond acceptors (Lipinski definition) is 3. The van der Waals surface area contributed by atoms with Gasteiger partial charge in [0, 0.05) is 18.7 Å². The molecule has 4 nitrogen and oxygen atoms in total. The second kappa shape index (κ2) is 7.78. The van der Waals surface area contributed by atoms with Gasteiger partial charge in [0.15, 0.2) is 0 Å². The second-order valence-electron chi connectivity index (χ2n) is 7.13. The quantitative estimate of drug-likeness (QED) is 0.683. The predicted molar refractivity (Wildman–Crippen MR) is 105 cm³/mol. The Bertz CT molecular complexity index is 895.